The largest absolute Gasteiger partial charge is 0.272 e. The van der Waals surface area contributed by atoms with Gasteiger partial charge in [0.15, 0.2) is 0 Å². The second kappa shape index (κ2) is 9.09. The number of para-hydroxylation sites is 1. The van der Waals surface area contributed by atoms with E-state index >= 15 is 0 Å². The average Bonchev–Trinajstić information content (AvgIpc) is 2.80. The van der Waals surface area contributed by atoms with Crippen LogP contribution in [0.5, 0.6) is 0 Å². The van der Waals surface area contributed by atoms with Gasteiger partial charge in [-0.3, -0.25) is 9.78 Å². The van der Waals surface area contributed by atoms with Crippen molar-refractivity contribution in [2.45, 2.75) is 19.8 Å². The Bertz CT molecular complexity index is 1180. The highest BCUT2D eigenvalue weighted by Crippen LogP contribution is 2.25. The van der Waals surface area contributed by atoms with E-state index in [4.69, 9.17) is 4.98 Å². The Balaban J connectivity index is 1.66. The number of pyridine rings is 2. The predicted molar refractivity (Wildman–Crippen MR) is 120 cm³/mol. The first-order valence-electron chi connectivity index (χ1n) is 9.98. The van der Waals surface area contributed by atoms with Gasteiger partial charge in [0.1, 0.15) is 0 Å². The Kier molecular flexibility index (Phi) is 5.90. The maximum atomic E-state index is 12.9. The number of hydrazone groups is 1. The zero-order valence-corrected chi connectivity index (χ0v) is 16.7. The molecule has 5 heteroatoms. The third-order valence-electron chi connectivity index (χ3n) is 4.80. The van der Waals surface area contributed by atoms with Crippen molar-refractivity contribution in [3.63, 3.8) is 0 Å². The van der Waals surface area contributed by atoms with Gasteiger partial charge >= 0.3 is 0 Å². The summed E-state index contributed by atoms with van der Waals surface area (Å²) in [5.74, 6) is -0.287. The molecule has 2 aromatic heterocycles. The minimum absolute atomic E-state index is 0.287. The number of rotatable bonds is 6. The molecule has 4 rings (SSSR count). The summed E-state index contributed by atoms with van der Waals surface area (Å²) in [6, 6.07) is 23.3. The fraction of sp³-hybridized carbons (Fsp3) is 0.120. The van der Waals surface area contributed by atoms with Crippen LogP contribution < -0.4 is 5.43 Å². The van der Waals surface area contributed by atoms with Crippen LogP contribution in [-0.4, -0.2) is 22.1 Å². The standard InChI is InChI=1S/C25H22N4O/c1-2-7-18-11-13-19(14-12-18)24-16-22(21-9-3-4-10-23(21)28-24)25(30)29-27-17-20-8-5-6-15-26-20/h3-6,8-17H,2,7H2,1H3,(H,29,30)/b27-17-. The molecule has 0 aliphatic carbocycles. The van der Waals surface area contributed by atoms with Gasteiger partial charge in [-0.2, -0.15) is 5.10 Å². The second-order valence-corrected chi connectivity index (χ2v) is 6.97. The van der Waals surface area contributed by atoms with E-state index < -0.39 is 0 Å². The number of aryl methyl sites for hydroxylation is 1. The predicted octanol–water partition coefficient (Wildman–Crippen LogP) is 5.01. The van der Waals surface area contributed by atoms with Crippen molar-refractivity contribution in [1.82, 2.24) is 15.4 Å². The molecule has 0 unspecified atom stereocenters. The molecule has 0 bridgehead atoms. The fourth-order valence-electron chi connectivity index (χ4n) is 3.31. The molecule has 148 valence electrons. The minimum atomic E-state index is -0.287. The Morgan fingerprint density at radius 1 is 1.03 bits per heavy atom. The van der Waals surface area contributed by atoms with Crippen LogP contribution in [0.3, 0.4) is 0 Å². The first kappa shape index (κ1) is 19.5. The van der Waals surface area contributed by atoms with Gasteiger partial charge in [0.2, 0.25) is 0 Å². The summed E-state index contributed by atoms with van der Waals surface area (Å²) in [4.78, 5) is 21.8. The summed E-state index contributed by atoms with van der Waals surface area (Å²) in [5.41, 5.74) is 7.62. The van der Waals surface area contributed by atoms with E-state index in [0.29, 0.717) is 11.3 Å². The summed E-state index contributed by atoms with van der Waals surface area (Å²) in [5, 5.41) is 4.84. The van der Waals surface area contributed by atoms with Crippen molar-refractivity contribution in [3.8, 4) is 11.3 Å². The van der Waals surface area contributed by atoms with Crippen LogP contribution in [0.25, 0.3) is 22.2 Å². The molecule has 0 fully saturated rings. The summed E-state index contributed by atoms with van der Waals surface area (Å²) in [6.07, 6.45) is 5.36. The molecule has 1 amide bonds. The smallest absolute Gasteiger partial charge is 0.267 e. The molecule has 0 aliphatic rings. The zero-order valence-electron chi connectivity index (χ0n) is 16.7. The quantitative estimate of drug-likeness (QED) is 0.369. The van der Waals surface area contributed by atoms with Crippen LogP contribution in [0.15, 0.2) is 84.1 Å². The number of amides is 1. The number of carbonyl (C=O) groups excluding carboxylic acids is 1. The van der Waals surface area contributed by atoms with Crippen LogP contribution >= 0.6 is 0 Å². The molecule has 5 nitrogen and oxygen atoms in total. The van der Waals surface area contributed by atoms with E-state index in [1.807, 2.05) is 48.5 Å². The van der Waals surface area contributed by atoms with Crippen LogP contribution in [0, 0.1) is 0 Å². The van der Waals surface area contributed by atoms with Gasteiger partial charge in [0.05, 0.1) is 28.7 Å². The Morgan fingerprint density at radius 2 is 1.83 bits per heavy atom. The van der Waals surface area contributed by atoms with Gasteiger partial charge in [-0.15, -0.1) is 0 Å². The molecule has 2 aromatic carbocycles. The van der Waals surface area contributed by atoms with E-state index in [9.17, 15) is 4.79 Å². The zero-order chi connectivity index (χ0) is 20.8. The molecular formula is C25H22N4O. The van der Waals surface area contributed by atoms with Crippen molar-refractivity contribution in [2.75, 3.05) is 0 Å². The molecule has 0 aliphatic heterocycles. The summed E-state index contributed by atoms with van der Waals surface area (Å²) >= 11 is 0. The summed E-state index contributed by atoms with van der Waals surface area (Å²) < 4.78 is 0. The normalized spacial score (nSPS) is 11.1. The van der Waals surface area contributed by atoms with Crippen molar-refractivity contribution < 1.29 is 4.79 Å². The fourth-order valence-corrected chi connectivity index (χ4v) is 3.31. The molecule has 0 saturated carbocycles. The van der Waals surface area contributed by atoms with Gasteiger partial charge in [0, 0.05) is 17.1 Å². The molecule has 0 spiro atoms. The lowest BCUT2D eigenvalue weighted by atomic mass is 10.0. The van der Waals surface area contributed by atoms with Gasteiger partial charge in [-0.1, -0.05) is 61.9 Å². The van der Waals surface area contributed by atoms with Gasteiger partial charge < -0.3 is 0 Å². The van der Waals surface area contributed by atoms with Gasteiger partial charge in [-0.25, -0.2) is 10.4 Å². The summed E-state index contributed by atoms with van der Waals surface area (Å²) in [7, 11) is 0. The monoisotopic (exact) mass is 394 g/mol. The molecule has 30 heavy (non-hydrogen) atoms. The lowest BCUT2D eigenvalue weighted by molar-refractivity contribution is 0.0956. The topological polar surface area (TPSA) is 67.2 Å². The van der Waals surface area contributed by atoms with Gasteiger partial charge in [-0.05, 0) is 36.2 Å². The Morgan fingerprint density at radius 3 is 2.60 bits per heavy atom. The molecule has 2 heterocycles. The van der Waals surface area contributed by atoms with E-state index in [-0.39, 0.29) is 5.91 Å². The third kappa shape index (κ3) is 4.41. The van der Waals surface area contributed by atoms with Crippen LogP contribution in [-0.2, 0) is 6.42 Å². The maximum Gasteiger partial charge on any atom is 0.272 e. The number of nitrogens with zero attached hydrogens (tertiary/aromatic N) is 3. The lowest BCUT2D eigenvalue weighted by Gasteiger charge is -2.09. The number of hydrogen-bond acceptors (Lipinski definition) is 4. The molecule has 0 saturated heterocycles. The van der Waals surface area contributed by atoms with Crippen LogP contribution in [0.1, 0.15) is 35.0 Å². The highest BCUT2D eigenvalue weighted by atomic mass is 16.2. The van der Waals surface area contributed by atoms with E-state index in [1.54, 1.807) is 6.20 Å². The number of aromatic nitrogens is 2. The molecule has 1 N–H and O–H groups in total. The van der Waals surface area contributed by atoms with Crippen LogP contribution in [0.4, 0.5) is 0 Å². The number of nitrogens with one attached hydrogen (secondary N) is 1. The Hall–Kier alpha value is -3.86. The second-order valence-electron chi connectivity index (χ2n) is 6.97. The van der Waals surface area contributed by atoms with E-state index in [0.717, 1.165) is 35.0 Å². The first-order valence-corrected chi connectivity index (χ1v) is 9.98. The highest BCUT2D eigenvalue weighted by Gasteiger charge is 2.13. The molecule has 0 atom stereocenters. The Labute approximate surface area is 175 Å². The highest BCUT2D eigenvalue weighted by molar-refractivity contribution is 6.07. The average molecular weight is 394 g/mol. The third-order valence-corrected chi connectivity index (χ3v) is 4.80. The molecule has 0 radical (unpaired) electrons. The summed E-state index contributed by atoms with van der Waals surface area (Å²) in [6.45, 7) is 2.17. The van der Waals surface area contributed by atoms with Crippen molar-refractivity contribution in [2.24, 2.45) is 5.10 Å². The minimum Gasteiger partial charge on any atom is -0.267 e. The number of carbonyl (C=O) groups is 1. The number of hydrogen-bond donors (Lipinski definition) is 1. The molecular weight excluding hydrogens is 372 g/mol. The maximum absolute atomic E-state index is 12.9. The number of fused-ring (bicyclic) bond motifs is 1. The lowest BCUT2D eigenvalue weighted by Crippen LogP contribution is -2.18. The SMILES string of the molecule is CCCc1ccc(-c2cc(C(=O)N/N=C\c3ccccn3)c3ccccc3n2)cc1. The first-order chi connectivity index (χ1) is 14.7. The van der Waals surface area contributed by atoms with Crippen LogP contribution in [0.2, 0.25) is 0 Å². The number of benzene rings is 2. The van der Waals surface area contributed by atoms with Gasteiger partial charge in [0.25, 0.3) is 5.91 Å². The van der Waals surface area contributed by atoms with Crippen molar-refractivity contribution in [1.29, 1.82) is 0 Å². The molecule has 4 aromatic rings. The van der Waals surface area contributed by atoms with E-state index in [2.05, 4.69) is 46.7 Å². The van der Waals surface area contributed by atoms with E-state index in [1.165, 1.54) is 11.8 Å². The van der Waals surface area contributed by atoms with Crippen molar-refractivity contribution in [3.05, 3.63) is 95.8 Å². The van der Waals surface area contributed by atoms with Crippen molar-refractivity contribution >= 4 is 23.0 Å².